The number of rotatable bonds is 1. The molecule has 0 bridgehead atoms. The van der Waals surface area contributed by atoms with Crippen LogP contribution in [0.1, 0.15) is 5.56 Å². The van der Waals surface area contributed by atoms with E-state index in [4.69, 9.17) is 11.0 Å². The van der Waals surface area contributed by atoms with Crippen molar-refractivity contribution in [3.8, 4) is 11.9 Å². The maximum Gasteiger partial charge on any atom is 0.155 e. The fourth-order valence-corrected chi connectivity index (χ4v) is 1.35. The van der Waals surface area contributed by atoms with Gasteiger partial charge in [0.05, 0.1) is 6.20 Å². The van der Waals surface area contributed by atoms with Crippen LogP contribution in [0.5, 0.6) is 0 Å². The van der Waals surface area contributed by atoms with Crippen molar-refractivity contribution in [3.63, 3.8) is 0 Å². The third-order valence-electron chi connectivity index (χ3n) is 1.86. The SMILES string of the molecule is N#Cc1cnn(-c2ccc(Br)cn2)c1N. The van der Waals surface area contributed by atoms with Crippen LogP contribution >= 0.6 is 15.9 Å². The molecule has 0 aliphatic carbocycles. The molecular formula is C9H6BrN5. The lowest BCUT2D eigenvalue weighted by Gasteiger charge is -2.02. The molecule has 2 heterocycles. The molecule has 0 radical (unpaired) electrons. The van der Waals surface area contributed by atoms with Gasteiger partial charge in [0, 0.05) is 10.7 Å². The molecular weight excluding hydrogens is 258 g/mol. The highest BCUT2D eigenvalue weighted by molar-refractivity contribution is 9.10. The summed E-state index contributed by atoms with van der Waals surface area (Å²) in [4.78, 5) is 4.12. The van der Waals surface area contributed by atoms with E-state index in [9.17, 15) is 0 Å². The molecule has 74 valence electrons. The van der Waals surface area contributed by atoms with Crippen molar-refractivity contribution in [3.05, 3.63) is 34.6 Å². The number of aromatic nitrogens is 3. The molecule has 0 aliphatic rings. The average molecular weight is 264 g/mol. The number of nitrogens with zero attached hydrogens (tertiary/aromatic N) is 4. The molecule has 2 N–H and O–H groups in total. The average Bonchev–Trinajstić information content (AvgIpc) is 2.61. The molecule has 0 spiro atoms. The van der Waals surface area contributed by atoms with Crippen molar-refractivity contribution in [1.82, 2.24) is 14.8 Å². The van der Waals surface area contributed by atoms with Gasteiger partial charge in [0.1, 0.15) is 17.5 Å². The van der Waals surface area contributed by atoms with E-state index in [2.05, 4.69) is 26.0 Å². The Labute approximate surface area is 94.3 Å². The number of nitriles is 1. The van der Waals surface area contributed by atoms with Crippen LogP contribution < -0.4 is 5.73 Å². The van der Waals surface area contributed by atoms with Gasteiger partial charge in [-0.05, 0) is 28.1 Å². The number of hydrogen-bond acceptors (Lipinski definition) is 4. The van der Waals surface area contributed by atoms with Crippen LogP contribution in [-0.4, -0.2) is 14.8 Å². The lowest BCUT2D eigenvalue weighted by molar-refractivity contribution is 0.856. The third kappa shape index (κ3) is 1.69. The van der Waals surface area contributed by atoms with Crippen molar-refractivity contribution in [2.24, 2.45) is 0 Å². The van der Waals surface area contributed by atoms with E-state index in [1.54, 1.807) is 12.3 Å². The molecule has 2 rings (SSSR count). The van der Waals surface area contributed by atoms with Crippen LogP contribution in [0.3, 0.4) is 0 Å². The molecule has 0 aromatic carbocycles. The van der Waals surface area contributed by atoms with Crippen molar-refractivity contribution >= 4 is 21.7 Å². The van der Waals surface area contributed by atoms with Crippen molar-refractivity contribution < 1.29 is 0 Å². The topological polar surface area (TPSA) is 80.5 Å². The molecule has 0 saturated carbocycles. The van der Waals surface area contributed by atoms with E-state index < -0.39 is 0 Å². The van der Waals surface area contributed by atoms with Gasteiger partial charge in [-0.1, -0.05) is 0 Å². The summed E-state index contributed by atoms with van der Waals surface area (Å²) < 4.78 is 2.29. The van der Waals surface area contributed by atoms with E-state index in [1.807, 2.05) is 12.1 Å². The Kier molecular flexibility index (Phi) is 2.39. The van der Waals surface area contributed by atoms with Gasteiger partial charge in [0.15, 0.2) is 5.82 Å². The molecule has 0 aliphatic heterocycles. The quantitative estimate of drug-likeness (QED) is 0.845. The van der Waals surface area contributed by atoms with E-state index in [1.165, 1.54) is 10.9 Å². The van der Waals surface area contributed by atoms with Gasteiger partial charge in [-0.15, -0.1) is 0 Å². The van der Waals surface area contributed by atoms with E-state index in [0.29, 0.717) is 17.2 Å². The first-order valence-corrected chi connectivity index (χ1v) is 4.87. The summed E-state index contributed by atoms with van der Waals surface area (Å²) in [6.07, 6.45) is 3.06. The Morgan fingerprint density at radius 3 is 2.73 bits per heavy atom. The lowest BCUT2D eigenvalue weighted by Crippen LogP contribution is -2.04. The van der Waals surface area contributed by atoms with Crippen LogP contribution in [0.2, 0.25) is 0 Å². The van der Waals surface area contributed by atoms with Gasteiger partial charge < -0.3 is 5.73 Å². The number of anilines is 1. The van der Waals surface area contributed by atoms with Crippen LogP contribution in [0.4, 0.5) is 5.82 Å². The maximum atomic E-state index is 8.71. The predicted molar refractivity (Wildman–Crippen MR) is 58.2 cm³/mol. The second-order valence-electron chi connectivity index (χ2n) is 2.80. The highest BCUT2D eigenvalue weighted by Gasteiger charge is 2.08. The largest absolute Gasteiger partial charge is 0.382 e. The summed E-state index contributed by atoms with van der Waals surface area (Å²) in [7, 11) is 0. The fraction of sp³-hybridized carbons (Fsp3) is 0. The summed E-state index contributed by atoms with van der Waals surface area (Å²) in [6.45, 7) is 0. The van der Waals surface area contributed by atoms with Crippen LogP contribution in [0, 0.1) is 11.3 Å². The third-order valence-corrected chi connectivity index (χ3v) is 2.32. The van der Waals surface area contributed by atoms with Crippen LogP contribution in [-0.2, 0) is 0 Å². The minimum atomic E-state index is 0.298. The molecule has 2 aromatic rings. The van der Waals surface area contributed by atoms with E-state index in [0.717, 1.165) is 4.47 Å². The molecule has 0 fully saturated rings. The van der Waals surface area contributed by atoms with E-state index in [-0.39, 0.29) is 0 Å². The Balaban J connectivity index is 2.51. The van der Waals surface area contributed by atoms with Crippen LogP contribution in [0.25, 0.3) is 5.82 Å². The second-order valence-corrected chi connectivity index (χ2v) is 3.72. The number of halogens is 1. The molecule has 5 nitrogen and oxygen atoms in total. The predicted octanol–water partition coefficient (Wildman–Crippen LogP) is 1.48. The molecule has 0 amide bonds. The van der Waals surface area contributed by atoms with Gasteiger partial charge in [-0.2, -0.15) is 15.0 Å². The summed E-state index contributed by atoms with van der Waals surface area (Å²) in [5.41, 5.74) is 6.06. The second kappa shape index (κ2) is 3.71. The van der Waals surface area contributed by atoms with Gasteiger partial charge in [0.25, 0.3) is 0 Å². The minimum Gasteiger partial charge on any atom is -0.382 e. The van der Waals surface area contributed by atoms with Crippen molar-refractivity contribution in [1.29, 1.82) is 5.26 Å². The number of nitrogens with two attached hydrogens (primary N) is 1. The normalized spacial score (nSPS) is 9.87. The van der Waals surface area contributed by atoms with Gasteiger partial charge in [0.2, 0.25) is 0 Å². The number of pyridine rings is 1. The highest BCUT2D eigenvalue weighted by atomic mass is 79.9. The maximum absolute atomic E-state index is 8.71. The molecule has 6 heteroatoms. The first-order valence-electron chi connectivity index (χ1n) is 4.08. The summed E-state index contributed by atoms with van der Waals surface area (Å²) in [5.74, 6) is 0.879. The van der Waals surface area contributed by atoms with Crippen molar-refractivity contribution in [2.75, 3.05) is 5.73 Å². The highest BCUT2D eigenvalue weighted by Crippen LogP contribution is 2.16. The van der Waals surface area contributed by atoms with Crippen molar-refractivity contribution in [2.45, 2.75) is 0 Å². The number of hydrogen-bond donors (Lipinski definition) is 1. The zero-order valence-electron chi connectivity index (χ0n) is 7.55. The molecule has 2 aromatic heterocycles. The van der Waals surface area contributed by atoms with Gasteiger partial charge >= 0.3 is 0 Å². The fourth-order valence-electron chi connectivity index (χ4n) is 1.12. The summed E-state index contributed by atoms with van der Waals surface area (Å²) in [5, 5.41) is 12.7. The van der Waals surface area contributed by atoms with Gasteiger partial charge in [-0.3, -0.25) is 0 Å². The minimum absolute atomic E-state index is 0.298. The molecule has 0 unspecified atom stereocenters. The smallest absolute Gasteiger partial charge is 0.155 e. The Bertz CT molecular complexity index is 522. The standard InChI is InChI=1S/C9H6BrN5/c10-7-1-2-8(13-5-7)15-9(12)6(3-11)4-14-15/h1-2,4-5H,12H2. The lowest BCUT2D eigenvalue weighted by atomic mass is 10.4. The van der Waals surface area contributed by atoms with Crippen LogP contribution in [0.15, 0.2) is 29.0 Å². The van der Waals surface area contributed by atoms with Gasteiger partial charge in [-0.25, -0.2) is 4.98 Å². The molecule has 15 heavy (non-hydrogen) atoms. The Hall–Kier alpha value is -1.87. The Morgan fingerprint density at radius 2 is 2.20 bits per heavy atom. The zero-order valence-corrected chi connectivity index (χ0v) is 9.14. The Morgan fingerprint density at radius 1 is 1.40 bits per heavy atom. The first kappa shape index (κ1) is 9.68. The monoisotopic (exact) mass is 263 g/mol. The molecule has 0 saturated heterocycles. The number of nitrogen functional groups attached to an aromatic ring is 1. The first-order chi connectivity index (χ1) is 7.22. The van der Waals surface area contributed by atoms with E-state index >= 15 is 0 Å². The summed E-state index contributed by atoms with van der Waals surface area (Å²) >= 11 is 3.28. The molecule has 0 atom stereocenters. The summed E-state index contributed by atoms with van der Waals surface area (Å²) in [6, 6.07) is 5.54. The zero-order chi connectivity index (χ0) is 10.8.